The fourth-order valence-corrected chi connectivity index (χ4v) is 3.59. The number of methoxy groups -OCH3 is 1. The number of hydrogen-bond donors (Lipinski definition) is 1. The van der Waals surface area contributed by atoms with Crippen molar-refractivity contribution in [1.82, 2.24) is 4.31 Å². The zero-order valence-corrected chi connectivity index (χ0v) is 13.2. The molecular formula is C13H17F2NO5S. The Kier molecular flexibility index (Phi) is 5.98. The van der Waals surface area contributed by atoms with Crippen LogP contribution in [0.2, 0.25) is 0 Å². The molecule has 1 atom stereocenters. The minimum Gasteiger partial charge on any atom is -0.480 e. The molecule has 22 heavy (non-hydrogen) atoms. The summed E-state index contributed by atoms with van der Waals surface area (Å²) in [6.07, 6.45) is 0. The number of aryl methyl sites for hydroxylation is 1. The maximum Gasteiger partial charge on any atom is 0.318 e. The first kappa shape index (κ1) is 18.5. The monoisotopic (exact) mass is 337 g/mol. The van der Waals surface area contributed by atoms with Crippen molar-refractivity contribution >= 4 is 16.0 Å². The Morgan fingerprint density at radius 1 is 1.36 bits per heavy atom. The van der Waals surface area contributed by atoms with Crippen molar-refractivity contribution in [1.29, 1.82) is 0 Å². The van der Waals surface area contributed by atoms with Crippen LogP contribution in [0.25, 0.3) is 0 Å². The highest BCUT2D eigenvalue weighted by Gasteiger charge is 2.33. The molecule has 1 unspecified atom stereocenters. The van der Waals surface area contributed by atoms with Gasteiger partial charge >= 0.3 is 5.97 Å². The molecule has 1 aromatic carbocycles. The van der Waals surface area contributed by atoms with Gasteiger partial charge in [0.25, 0.3) is 0 Å². The number of carbonyl (C=O) groups is 1. The van der Waals surface area contributed by atoms with Crippen LogP contribution in [-0.4, -0.2) is 50.1 Å². The van der Waals surface area contributed by atoms with Gasteiger partial charge in [-0.2, -0.15) is 4.31 Å². The van der Waals surface area contributed by atoms with Crippen LogP contribution < -0.4 is 0 Å². The van der Waals surface area contributed by atoms with Gasteiger partial charge in [-0.05, 0) is 25.5 Å². The number of aliphatic carboxylic acids is 1. The molecule has 0 aliphatic heterocycles. The highest BCUT2D eigenvalue weighted by Crippen LogP contribution is 2.24. The molecule has 0 heterocycles. The van der Waals surface area contributed by atoms with Crippen molar-refractivity contribution in [2.24, 2.45) is 0 Å². The molecule has 9 heteroatoms. The number of sulfonamides is 1. The summed E-state index contributed by atoms with van der Waals surface area (Å²) < 4.78 is 57.6. The summed E-state index contributed by atoms with van der Waals surface area (Å²) in [5, 5.41) is 8.88. The topological polar surface area (TPSA) is 83.9 Å². The first-order chi connectivity index (χ1) is 10.1. The second-order valence-corrected chi connectivity index (χ2v) is 6.64. The number of hydrogen-bond acceptors (Lipinski definition) is 4. The average molecular weight is 337 g/mol. The fourth-order valence-electron chi connectivity index (χ4n) is 1.89. The van der Waals surface area contributed by atoms with Gasteiger partial charge in [-0.15, -0.1) is 0 Å². The van der Waals surface area contributed by atoms with Crippen molar-refractivity contribution in [2.75, 3.05) is 20.3 Å². The largest absolute Gasteiger partial charge is 0.480 e. The standard InChI is InChI=1S/C13H17F2NO5S/c1-8-4-12(11(15)5-10(8)14)22(19,20)16(6-13(17)18)9(2)7-21-3/h4-5,9H,6-7H2,1-3H3,(H,17,18). The van der Waals surface area contributed by atoms with E-state index in [1.165, 1.54) is 21.0 Å². The summed E-state index contributed by atoms with van der Waals surface area (Å²) >= 11 is 0. The van der Waals surface area contributed by atoms with Crippen LogP contribution >= 0.6 is 0 Å². The van der Waals surface area contributed by atoms with Gasteiger partial charge in [0.2, 0.25) is 10.0 Å². The van der Waals surface area contributed by atoms with Crippen molar-refractivity contribution < 1.29 is 31.8 Å². The summed E-state index contributed by atoms with van der Waals surface area (Å²) in [6.45, 7) is 1.78. The molecule has 0 saturated heterocycles. The molecule has 0 aliphatic rings. The molecule has 0 spiro atoms. The van der Waals surface area contributed by atoms with Crippen LogP contribution in [0, 0.1) is 18.6 Å². The van der Waals surface area contributed by atoms with Gasteiger partial charge in [-0.1, -0.05) is 0 Å². The van der Waals surface area contributed by atoms with Crippen molar-refractivity contribution in [3.63, 3.8) is 0 Å². The maximum absolute atomic E-state index is 13.8. The first-order valence-electron chi connectivity index (χ1n) is 6.29. The zero-order valence-electron chi connectivity index (χ0n) is 12.3. The Balaban J connectivity index is 3.38. The second kappa shape index (κ2) is 7.12. The van der Waals surface area contributed by atoms with E-state index in [1.807, 2.05) is 0 Å². The minimum absolute atomic E-state index is 0.0605. The first-order valence-corrected chi connectivity index (χ1v) is 7.73. The molecule has 0 aromatic heterocycles. The summed E-state index contributed by atoms with van der Waals surface area (Å²) in [7, 11) is -3.13. The number of benzene rings is 1. The van der Waals surface area contributed by atoms with Gasteiger partial charge in [-0.25, -0.2) is 17.2 Å². The number of carboxylic acids is 1. The third-order valence-corrected chi connectivity index (χ3v) is 4.97. The molecule has 1 aromatic rings. The predicted molar refractivity (Wildman–Crippen MR) is 74.0 cm³/mol. The number of ether oxygens (including phenoxy) is 1. The molecule has 0 bridgehead atoms. The Hall–Kier alpha value is -1.58. The maximum atomic E-state index is 13.8. The van der Waals surface area contributed by atoms with E-state index in [9.17, 15) is 22.0 Å². The van der Waals surface area contributed by atoms with Crippen molar-refractivity contribution in [3.8, 4) is 0 Å². The fraction of sp³-hybridized carbons (Fsp3) is 0.462. The molecular weight excluding hydrogens is 320 g/mol. The normalized spacial score (nSPS) is 13.4. The smallest absolute Gasteiger partial charge is 0.318 e. The van der Waals surface area contributed by atoms with E-state index < -0.39 is 45.1 Å². The van der Waals surface area contributed by atoms with Gasteiger partial charge in [0, 0.05) is 19.2 Å². The number of carboxylic acid groups (broad SMARTS) is 1. The number of nitrogens with zero attached hydrogens (tertiary/aromatic N) is 1. The molecule has 0 radical (unpaired) electrons. The Morgan fingerprint density at radius 2 is 1.95 bits per heavy atom. The van der Waals surface area contributed by atoms with Crippen LogP contribution in [0.1, 0.15) is 12.5 Å². The summed E-state index contributed by atoms with van der Waals surface area (Å²) in [5.74, 6) is -3.56. The van der Waals surface area contributed by atoms with Gasteiger partial charge in [0.1, 0.15) is 23.1 Å². The van der Waals surface area contributed by atoms with Gasteiger partial charge < -0.3 is 9.84 Å². The van der Waals surface area contributed by atoms with E-state index in [2.05, 4.69) is 0 Å². The Bertz CT molecular complexity index is 663. The summed E-state index contributed by atoms with van der Waals surface area (Å²) in [5.41, 5.74) is -0.0605. The molecule has 124 valence electrons. The summed E-state index contributed by atoms with van der Waals surface area (Å²) in [4.78, 5) is 10.1. The number of rotatable bonds is 7. The number of halogens is 2. The SMILES string of the molecule is COCC(C)N(CC(=O)O)S(=O)(=O)c1cc(C)c(F)cc1F. The van der Waals surface area contributed by atoms with Crippen LogP contribution in [0.3, 0.4) is 0 Å². The van der Waals surface area contributed by atoms with Crippen molar-refractivity contribution in [3.05, 3.63) is 29.3 Å². The lowest BCUT2D eigenvalue weighted by molar-refractivity contribution is -0.137. The molecule has 0 saturated carbocycles. The third-order valence-electron chi connectivity index (χ3n) is 2.99. The molecule has 1 rings (SSSR count). The predicted octanol–water partition coefficient (Wildman–Crippen LogP) is 1.38. The highest BCUT2D eigenvalue weighted by atomic mass is 32.2. The average Bonchev–Trinajstić information content (AvgIpc) is 2.39. The van der Waals surface area contributed by atoms with Crippen LogP contribution in [0.4, 0.5) is 8.78 Å². The lowest BCUT2D eigenvalue weighted by atomic mass is 10.2. The molecule has 1 N–H and O–H groups in total. The second-order valence-electron chi connectivity index (χ2n) is 4.78. The van der Waals surface area contributed by atoms with E-state index >= 15 is 0 Å². The van der Waals surface area contributed by atoms with E-state index in [1.54, 1.807) is 0 Å². The minimum atomic E-state index is -4.46. The Labute approximate surface area is 127 Å². The van der Waals surface area contributed by atoms with Gasteiger partial charge in [-0.3, -0.25) is 4.79 Å². The van der Waals surface area contributed by atoms with E-state index in [4.69, 9.17) is 9.84 Å². The van der Waals surface area contributed by atoms with Crippen molar-refractivity contribution in [2.45, 2.75) is 24.8 Å². The van der Waals surface area contributed by atoms with E-state index in [-0.39, 0.29) is 12.2 Å². The quantitative estimate of drug-likeness (QED) is 0.813. The molecule has 6 nitrogen and oxygen atoms in total. The van der Waals surface area contributed by atoms with Gasteiger partial charge in [0.05, 0.1) is 6.61 Å². The lowest BCUT2D eigenvalue weighted by Gasteiger charge is -2.26. The zero-order chi connectivity index (χ0) is 17.1. The van der Waals surface area contributed by atoms with Crippen LogP contribution in [-0.2, 0) is 19.6 Å². The Morgan fingerprint density at radius 3 is 2.45 bits per heavy atom. The van der Waals surface area contributed by atoms with E-state index in [0.29, 0.717) is 10.4 Å². The van der Waals surface area contributed by atoms with Crippen LogP contribution in [0.5, 0.6) is 0 Å². The van der Waals surface area contributed by atoms with Gasteiger partial charge in [0.15, 0.2) is 0 Å². The molecule has 0 amide bonds. The molecule has 0 fully saturated rings. The highest BCUT2D eigenvalue weighted by molar-refractivity contribution is 7.89. The third kappa shape index (κ3) is 3.99. The summed E-state index contributed by atoms with van der Waals surface area (Å²) in [6, 6.07) is 0.465. The van der Waals surface area contributed by atoms with E-state index in [0.717, 1.165) is 6.07 Å². The lowest BCUT2D eigenvalue weighted by Crippen LogP contribution is -2.44. The molecule has 0 aliphatic carbocycles. The van der Waals surface area contributed by atoms with Crippen LogP contribution in [0.15, 0.2) is 17.0 Å².